The summed E-state index contributed by atoms with van der Waals surface area (Å²) in [4.78, 5) is 34.8. The Morgan fingerprint density at radius 2 is 1.90 bits per heavy atom. The molecule has 0 radical (unpaired) electrons. The van der Waals surface area contributed by atoms with Gasteiger partial charge in [0.1, 0.15) is 5.15 Å². The first kappa shape index (κ1) is 22.2. The molecule has 1 aromatic carbocycles. The lowest BCUT2D eigenvalue weighted by Gasteiger charge is -2.11. The van der Waals surface area contributed by atoms with Crippen LogP contribution in [0.3, 0.4) is 0 Å². The minimum Gasteiger partial charge on any atom is -0.449 e. The van der Waals surface area contributed by atoms with E-state index in [1.165, 1.54) is 20.0 Å². The molecule has 0 saturated carbocycles. The molecule has 2 rings (SSSR count). The Morgan fingerprint density at radius 1 is 1.24 bits per heavy atom. The highest BCUT2D eigenvalue weighted by molar-refractivity contribution is 6.31. The van der Waals surface area contributed by atoms with Gasteiger partial charge in [0.15, 0.2) is 6.10 Å². The third-order valence-corrected chi connectivity index (χ3v) is 4.47. The van der Waals surface area contributed by atoms with Crippen LogP contribution in [0.1, 0.15) is 29.3 Å². The van der Waals surface area contributed by atoms with Crippen molar-refractivity contribution in [2.45, 2.75) is 33.4 Å². The largest absolute Gasteiger partial charge is 0.449 e. The van der Waals surface area contributed by atoms with Crippen LogP contribution in [-0.4, -0.2) is 40.8 Å². The van der Waals surface area contributed by atoms with Gasteiger partial charge < -0.3 is 10.1 Å². The summed E-state index contributed by atoms with van der Waals surface area (Å²) >= 11 is 6.41. The molecule has 9 heteroatoms. The highest BCUT2D eigenvalue weighted by atomic mass is 35.5. The van der Waals surface area contributed by atoms with Crippen LogP contribution in [0.4, 0.5) is 4.79 Å². The van der Waals surface area contributed by atoms with Crippen molar-refractivity contribution < 1.29 is 19.1 Å². The first-order chi connectivity index (χ1) is 13.7. The number of urea groups is 1. The van der Waals surface area contributed by atoms with Crippen molar-refractivity contribution in [1.82, 2.24) is 20.4 Å². The lowest BCUT2D eigenvalue weighted by atomic mass is 10.1. The van der Waals surface area contributed by atoms with Crippen molar-refractivity contribution in [2.75, 3.05) is 7.05 Å². The van der Waals surface area contributed by atoms with E-state index in [0.29, 0.717) is 23.0 Å². The van der Waals surface area contributed by atoms with Gasteiger partial charge in [-0.2, -0.15) is 5.10 Å². The molecule has 0 spiro atoms. The molecule has 2 N–H and O–H groups in total. The number of nitrogens with zero attached hydrogens (tertiary/aromatic N) is 2. The number of amides is 3. The zero-order valence-corrected chi connectivity index (χ0v) is 17.4. The van der Waals surface area contributed by atoms with E-state index in [-0.39, 0.29) is 0 Å². The number of hydrogen-bond acceptors (Lipinski definition) is 5. The van der Waals surface area contributed by atoms with E-state index < -0.39 is 24.0 Å². The minimum atomic E-state index is -1.13. The number of benzene rings is 1. The molecule has 0 fully saturated rings. The molecular weight excluding hydrogens is 396 g/mol. The third-order valence-electron chi connectivity index (χ3n) is 4.07. The average Bonchev–Trinajstić information content (AvgIpc) is 2.94. The number of hydrogen-bond donors (Lipinski definition) is 2. The van der Waals surface area contributed by atoms with Gasteiger partial charge in [-0.3, -0.25) is 10.1 Å². The SMILES string of the molecule is CNC(=O)NC(=O)[C@@H](C)OC(=O)/C=C/c1c(C)nn(Cc2ccc(C)cc2)c1Cl. The third kappa shape index (κ3) is 6.18. The van der Waals surface area contributed by atoms with Crippen LogP contribution in [0, 0.1) is 13.8 Å². The highest BCUT2D eigenvalue weighted by Gasteiger charge is 2.19. The first-order valence-electron chi connectivity index (χ1n) is 8.91. The van der Waals surface area contributed by atoms with Crippen LogP contribution in [0.25, 0.3) is 6.08 Å². The lowest BCUT2D eigenvalue weighted by Crippen LogP contribution is -2.43. The number of aryl methyl sites for hydroxylation is 2. The molecule has 1 heterocycles. The van der Waals surface area contributed by atoms with Gasteiger partial charge in [0.25, 0.3) is 5.91 Å². The summed E-state index contributed by atoms with van der Waals surface area (Å²) in [7, 11) is 1.37. The van der Waals surface area contributed by atoms with Gasteiger partial charge in [0.2, 0.25) is 0 Å². The van der Waals surface area contributed by atoms with Crippen molar-refractivity contribution in [3.05, 3.63) is 57.9 Å². The number of rotatable bonds is 6. The van der Waals surface area contributed by atoms with Crippen molar-refractivity contribution in [3.8, 4) is 0 Å². The van der Waals surface area contributed by atoms with Gasteiger partial charge in [-0.1, -0.05) is 41.4 Å². The molecule has 3 amide bonds. The number of carbonyl (C=O) groups is 3. The molecular formula is C20H23ClN4O4. The number of halogens is 1. The van der Waals surface area contributed by atoms with Crippen LogP contribution in [0.2, 0.25) is 5.15 Å². The Kier molecular flexibility index (Phi) is 7.55. The van der Waals surface area contributed by atoms with Crippen molar-refractivity contribution >= 4 is 35.6 Å². The summed E-state index contributed by atoms with van der Waals surface area (Å²) in [5.74, 6) is -1.47. The van der Waals surface area contributed by atoms with Gasteiger partial charge in [0, 0.05) is 18.7 Å². The summed E-state index contributed by atoms with van der Waals surface area (Å²) in [5, 5.41) is 9.06. The number of imide groups is 1. The first-order valence-corrected chi connectivity index (χ1v) is 9.28. The maximum Gasteiger partial charge on any atom is 0.331 e. The van der Waals surface area contributed by atoms with E-state index in [2.05, 4.69) is 10.4 Å². The fourth-order valence-corrected chi connectivity index (χ4v) is 2.72. The molecule has 0 saturated heterocycles. The molecule has 2 aromatic rings. The Balaban J connectivity index is 2.03. The Bertz CT molecular complexity index is 935. The van der Waals surface area contributed by atoms with E-state index in [4.69, 9.17) is 16.3 Å². The van der Waals surface area contributed by atoms with Crippen molar-refractivity contribution in [1.29, 1.82) is 0 Å². The van der Waals surface area contributed by atoms with Gasteiger partial charge in [-0.25, -0.2) is 14.3 Å². The number of ether oxygens (including phenoxy) is 1. The second kappa shape index (κ2) is 9.88. The van der Waals surface area contributed by atoms with Crippen LogP contribution < -0.4 is 10.6 Å². The summed E-state index contributed by atoms with van der Waals surface area (Å²) in [6.07, 6.45) is 1.52. The van der Waals surface area contributed by atoms with Crippen LogP contribution in [0.5, 0.6) is 0 Å². The Morgan fingerprint density at radius 3 is 2.52 bits per heavy atom. The standard InChI is InChI=1S/C20H23ClN4O4/c1-12-5-7-15(8-6-12)11-25-18(21)16(13(2)24-25)9-10-17(26)29-14(3)19(27)23-20(28)22-4/h5-10,14H,11H2,1-4H3,(H2,22,23,27,28)/b10-9+/t14-/m1/s1. The predicted molar refractivity (Wildman–Crippen MR) is 109 cm³/mol. The van der Waals surface area contributed by atoms with Crippen LogP contribution in [-0.2, 0) is 20.9 Å². The van der Waals surface area contributed by atoms with Crippen LogP contribution in [0.15, 0.2) is 30.3 Å². The molecule has 0 bridgehead atoms. The highest BCUT2D eigenvalue weighted by Crippen LogP contribution is 2.22. The van der Waals surface area contributed by atoms with E-state index >= 15 is 0 Å². The summed E-state index contributed by atoms with van der Waals surface area (Å²) in [6, 6.07) is 7.34. The molecule has 8 nitrogen and oxygen atoms in total. The summed E-state index contributed by atoms with van der Waals surface area (Å²) < 4.78 is 6.63. The smallest absolute Gasteiger partial charge is 0.331 e. The zero-order valence-electron chi connectivity index (χ0n) is 16.7. The Hall–Kier alpha value is -3.13. The maximum absolute atomic E-state index is 12.0. The molecule has 1 aromatic heterocycles. The predicted octanol–water partition coefficient (Wildman–Crippen LogP) is 2.60. The monoisotopic (exact) mass is 418 g/mol. The summed E-state index contributed by atoms with van der Waals surface area (Å²) in [6.45, 7) is 5.65. The molecule has 0 aliphatic rings. The second-order valence-corrected chi connectivity index (χ2v) is 6.77. The maximum atomic E-state index is 12.0. The second-order valence-electron chi connectivity index (χ2n) is 6.41. The molecule has 0 aliphatic carbocycles. The quantitative estimate of drug-likeness (QED) is 0.554. The van der Waals surface area contributed by atoms with Gasteiger partial charge >= 0.3 is 12.0 Å². The number of carbonyl (C=O) groups excluding carboxylic acids is 3. The van der Waals surface area contributed by atoms with E-state index in [1.807, 2.05) is 36.5 Å². The molecule has 1 atom stereocenters. The molecule has 0 aliphatic heterocycles. The molecule has 154 valence electrons. The van der Waals surface area contributed by atoms with Crippen LogP contribution >= 0.6 is 11.6 Å². The van der Waals surface area contributed by atoms with Crippen molar-refractivity contribution in [2.24, 2.45) is 0 Å². The minimum absolute atomic E-state index is 0.387. The normalized spacial score (nSPS) is 11.9. The molecule has 29 heavy (non-hydrogen) atoms. The van der Waals surface area contributed by atoms with Gasteiger partial charge in [0.05, 0.1) is 12.2 Å². The number of aromatic nitrogens is 2. The van der Waals surface area contributed by atoms with E-state index in [9.17, 15) is 14.4 Å². The zero-order chi connectivity index (χ0) is 21.6. The number of nitrogens with one attached hydrogen (secondary N) is 2. The average molecular weight is 419 g/mol. The van der Waals surface area contributed by atoms with Crippen molar-refractivity contribution in [3.63, 3.8) is 0 Å². The summed E-state index contributed by atoms with van der Waals surface area (Å²) in [5.41, 5.74) is 3.44. The van der Waals surface area contributed by atoms with Gasteiger partial charge in [-0.05, 0) is 32.4 Å². The number of esters is 1. The van der Waals surface area contributed by atoms with E-state index in [1.54, 1.807) is 11.6 Å². The fraction of sp³-hybridized carbons (Fsp3) is 0.300. The van der Waals surface area contributed by atoms with Gasteiger partial charge in [-0.15, -0.1) is 0 Å². The fourth-order valence-electron chi connectivity index (χ4n) is 2.42. The van der Waals surface area contributed by atoms with E-state index in [0.717, 1.165) is 17.2 Å². The topological polar surface area (TPSA) is 102 Å². The lowest BCUT2D eigenvalue weighted by molar-refractivity contribution is -0.149. The Labute approximate surface area is 173 Å². The molecule has 0 unspecified atom stereocenters.